The standard InChI is InChI=1S/C13H28N2O2/c1-4-17-10-12(16)9-14-11-13(15(2)3)7-5-6-8-13/h12,14,16H,4-11H2,1-3H3. The number of rotatable bonds is 8. The fourth-order valence-electron chi connectivity index (χ4n) is 2.60. The van der Waals surface area contributed by atoms with E-state index in [1.165, 1.54) is 25.7 Å². The molecule has 0 aromatic carbocycles. The molecule has 1 unspecified atom stereocenters. The van der Waals surface area contributed by atoms with Gasteiger partial charge in [0.25, 0.3) is 0 Å². The van der Waals surface area contributed by atoms with Crippen LogP contribution in [0.5, 0.6) is 0 Å². The number of hydrogen-bond acceptors (Lipinski definition) is 4. The number of ether oxygens (including phenoxy) is 1. The van der Waals surface area contributed by atoms with Crippen LogP contribution >= 0.6 is 0 Å². The molecule has 0 amide bonds. The van der Waals surface area contributed by atoms with E-state index >= 15 is 0 Å². The van der Waals surface area contributed by atoms with Crippen LogP contribution < -0.4 is 5.32 Å². The van der Waals surface area contributed by atoms with Crippen LogP contribution in [0.15, 0.2) is 0 Å². The first-order valence-corrected chi connectivity index (χ1v) is 6.74. The van der Waals surface area contributed by atoms with Gasteiger partial charge >= 0.3 is 0 Å². The highest BCUT2D eigenvalue weighted by Gasteiger charge is 2.35. The van der Waals surface area contributed by atoms with Gasteiger partial charge in [-0.1, -0.05) is 12.8 Å². The van der Waals surface area contributed by atoms with Gasteiger partial charge in [-0.2, -0.15) is 0 Å². The molecule has 2 N–H and O–H groups in total. The number of hydrogen-bond donors (Lipinski definition) is 2. The fraction of sp³-hybridized carbons (Fsp3) is 1.00. The predicted octanol–water partition coefficient (Wildman–Crippen LogP) is 0.848. The van der Waals surface area contributed by atoms with Gasteiger partial charge in [-0.3, -0.25) is 0 Å². The molecule has 4 heteroatoms. The Kier molecular flexibility index (Phi) is 6.41. The summed E-state index contributed by atoms with van der Waals surface area (Å²) in [6.07, 6.45) is 4.77. The molecule has 1 aliphatic carbocycles. The molecule has 0 saturated heterocycles. The lowest BCUT2D eigenvalue weighted by Gasteiger charge is -2.37. The second-order valence-electron chi connectivity index (χ2n) is 5.27. The van der Waals surface area contributed by atoms with Gasteiger partial charge < -0.3 is 20.1 Å². The highest BCUT2D eigenvalue weighted by atomic mass is 16.5. The first-order valence-electron chi connectivity index (χ1n) is 6.74. The summed E-state index contributed by atoms with van der Waals surface area (Å²) in [4.78, 5) is 2.34. The van der Waals surface area contributed by atoms with Crippen LogP contribution in [0.4, 0.5) is 0 Å². The zero-order chi connectivity index (χ0) is 12.7. The second-order valence-corrected chi connectivity index (χ2v) is 5.27. The summed E-state index contributed by atoms with van der Waals surface area (Å²) < 4.78 is 5.19. The quantitative estimate of drug-likeness (QED) is 0.664. The van der Waals surface area contributed by atoms with Crippen LogP contribution in [-0.4, -0.2) is 62.0 Å². The lowest BCUT2D eigenvalue weighted by molar-refractivity contribution is 0.0400. The summed E-state index contributed by atoms with van der Waals surface area (Å²) in [5.41, 5.74) is 0.297. The van der Waals surface area contributed by atoms with E-state index in [0.29, 0.717) is 25.3 Å². The summed E-state index contributed by atoms with van der Waals surface area (Å²) in [7, 11) is 4.31. The third-order valence-corrected chi connectivity index (χ3v) is 3.83. The van der Waals surface area contributed by atoms with Crippen molar-refractivity contribution in [2.45, 2.75) is 44.2 Å². The Morgan fingerprint density at radius 2 is 2.00 bits per heavy atom. The Morgan fingerprint density at radius 3 is 2.53 bits per heavy atom. The molecule has 0 aromatic heterocycles. The van der Waals surface area contributed by atoms with Gasteiger partial charge in [0.2, 0.25) is 0 Å². The van der Waals surface area contributed by atoms with Crippen molar-refractivity contribution in [1.82, 2.24) is 10.2 Å². The maximum Gasteiger partial charge on any atom is 0.0897 e. The summed E-state index contributed by atoms with van der Waals surface area (Å²) in [5.74, 6) is 0. The Labute approximate surface area is 105 Å². The first kappa shape index (κ1) is 14.9. The van der Waals surface area contributed by atoms with Gasteiger partial charge in [-0.05, 0) is 33.9 Å². The van der Waals surface area contributed by atoms with E-state index in [0.717, 1.165) is 6.54 Å². The molecule has 0 aliphatic heterocycles. The third kappa shape index (κ3) is 4.54. The van der Waals surface area contributed by atoms with Crippen LogP contribution in [-0.2, 0) is 4.74 Å². The van der Waals surface area contributed by atoms with Crippen molar-refractivity contribution in [2.75, 3.05) is 40.4 Å². The molecule has 4 nitrogen and oxygen atoms in total. The maximum atomic E-state index is 9.68. The van der Waals surface area contributed by atoms with Gasteiger partial charge in [-0.15, -0.1) is 0 Å². The monoisotopic (exact) mass is 244 g/mol. The number of likely N-dealkylation sites (N-methyl/N-ethyl adjacent to an activating group) is 1. The second kappa shape index (κ2) is 7.31. The van der Waals surface area contributed by atoms with Crippen LogP contribution in [0.25, 0.3) is 0 Å². The summed E-state index contributed by atoms with van der Waals surface area (Å²) >= 11 is 0. The van der Waals surface area contributed by atoms with Crippen LogP contribution in [0, 0.1) is 0 Å². The summed E-state index contributed by atoms with van der Waals surface area (Å²) in [6, 6.07) is 0. The largest absolute Gasteiger partial charge is 0.389 e. The van der Waals surface area contributed by atoms with Gasteiger partial charge in [0.1, 0.15) is 0 Å². The lowest BCUT2D eigenvalue weighted by Crippen LogP contribution is -2.50. The highest BCUT2D eigenvalue weighted by Crippen LogP contribution is 2.32. The highest BCUT2D eigenvalue weighted by molar-refractivity contribution is 4.94. The van der Waals surface area contributed by atoms with E-state index in [4.69, 9.17) is 4.74 Å². The summed E-state index contributed by atoms with van der Waals surface area (Å²) in [5, 5.41) is 13.1. The van der Waals surface area contributed by atoms with Gasteiger partial charge in [0, 0.05) is 25.2 Å². The van der Waals surface area contributed by atoms with Gasteiger partial charge in [0.15, 0.2) is 0 Å². The van der Waals surface area contributed by atoms with Gasteiger partial charge in [0.05, 0.1) is 12.7 Å². The number of nitrogens with zero attached hydrogens (tertiary/aromatic N) is 1. The minimum absolute atomic E-state index is 0.297. The van der Waals surface area contributed by atoms with Crippen LogP contribution in [0.2, 0.25) is 0 Å². The van der Waals surface area contributed by atoms with E-state index in [9.17, 15) is 5.11 Å². The number of aliphatic hydroxyl groups is 1. The molecule has 1 fully saturated rings. The Morgan fingerprint density at radius 1 is 1.35 bits per heavy atom. The minimum atomic E-state index is -0.393. The molecule has 1 aliphatic rings. The van der Waals surface area contributed by atoms with Crippen LogP contribution in [0.3, 0.4) is 0 Å². The number of aliphatic hydroxyl groups excluding tert-OH is 1. The molecule has 1 saturated carbocycles. The molecule has 17 heavy (non-hydrogen) atoms. The third-order valence-electron chi connectivity index (χ3n) is 3.83. The average molecular weight is 244 g/mol. The summed E-state index contributed by atoms with van der Waals surface area (Å²) in [6.45, 7) is 4.62. The van der Waals surface area contributed by atoms with Crippen molar-refractivity contribution in [3.05, 3.63) is 0 Å². The zero-order valence-electron chi connectivity index (χ0n) is 11.5. The SMILES string of the molecule is CCOCC(O)CNCC1(N(C)C)CCCC1. The van der Waals surface area contributed by atoms with E-state index in [-0.39, 0.29) is 0 Å². The molecule has 1 rings (SSSR count). The van der Waals surface area contributed by atoms with Crippen molar-refractivity contribution in [3.63, 3.8) is 0 Å². The normalized spacial score (nSPS) is 21.0. The van der Waals surface area contributed by atoms with E-state index in [2.05, 4.69) is 24.3 Å². The van der Waals surface area contributed by atoms with Crippen molar-refractivity contribution >= 4 is 0 Å². The molecule has 0 spiro atoms. The lowest BCUT2D eigenvalue weighted by atomic mass is 9.96. The first-order chi connectivity index (χ1) is 8.10. The van der Waals surface area contributed by atoms with Crippen LogP contribution in [0.1, 0.15) is 32.6 Å². The van der Waals surface area contributed by atoms with E-state index in [1.807, 2.05) is 6.92 Å². The minimum Gasteiger partial charge on any atom is -0.389 e. The molecule has 0 aromatic rings. The smallest absolute Gasteiger partial charge is 0.0897 e. The van der Waals surface area contributed by atoms with Crippen molar-refractivity contribution in [2.24, 2.45) is 0 Å². The van der Waals surface area contributed by atoms with E-state index in [1.54, 1.807) is 0 Å². The zero-order valence-corrected chi connectivity index (χ0v) is 11.5. The Balaban J connectivity index is 2.23. The molecular formula is C13H28N2O2. The average Bonchev–Trinajstić information content (AvgIpc) is 2.76. The fourth-order valence-corrected chi connectivity index (χ4v) is 2.60. The maximum absolute atomic E-state index is 9.68. The molecule has 0 radical (unpaired) electrons. The topological polar surface area (TPSA) is 44.7 Å². The Hall–Kier alpha value is -0.160. The Bertz CT molecular complexity index is 204. The number of nitrogens with one attached hydrogen (secondary N) is 1. The van der Waals surface area contributed by atoms with Crippen molar-refractivity contribution < 1.29 is 9.84 Å². The molecule has 0 heterocycles. The van der Waals surface area contributed by atoms with Crippen molar-refractivity contribution in [1.29, 1.82) is 0 Å². The molecule has 1 atom stereocenters. The van der Waals surface area contributed by atoms with Gasteiger partial charge in [-0.25, -0.2) is 0 Å². The molecule has 102 valence electrons. The molecular weight excluding hydrogens is 216 g/mol. The van der Waals surface area contributed by atoms with Crippen molar-refractivity contribution in [3.8, 4) is 0 Å². The van der Waals surface area contributed by atoms with E-state index < -0.39 is 6.10 Å². The molecule has 0 bridgehead atoms. The predicted molar refractivity (Wildman–Crippen MR) is 70.3 cm³/mol.